The van der Waals surface area contributed by atoms with Gasteiger partial charge in [0.2, 0.25) is 0 Å². The second-order valence-corrected chi connectivity index (χ2v) is 8.43. The van der Waals surface area contributed by atoms with Crippen molar-refractivity contribution in [1.82, 2.24) is 14.5 Å². The zero-order valence-corrected chi connectivity index (χ0v) is 18.9. The van der Waals surface area contributed by atoms with Crippen molar-refractivity contribution in [3.05, 3.63) is 101 Å². The van der Waals surface area contributed by atoms with E-state index in [1.165, 1.54) is 0 Å². The summed E-state index contributed by atoms with van der Waals surface area (Å²) in [6, 6.07) is 21.6. The number of nitrogens with zero attached hydrogens (tertiary/aromatic N) is 3. The first kappa shape index (κ1) is 21.3. The molecule has 0 aromatic heterocycles. The lowest BCUT2D eigenvalue weighted by Gasteiger charge is -2.15. The van der Waals surface area contributed by atoms with E-state index in [4.69, 9.17) is 4.98 Å². The van der Waals surface area contributed by atoms with Crippen molar-refractivity contribution in [2.24, 2.45) is 0 Å². The lowest BCUT2D eigenvalue weighted by atomic mass is 10.1. The Bertz CT molecular complexity index is 1460. The van der Waals surface area contributed by atoms with Crippen LogP contribution in [-0.4, -0.2) is 38.8 Å². The Morgan fingerprint density at radius 1 is 0.853 bits per heavy atom. The number of fused-ring (bicyclic) bond motifs is 1. The highest BCUT2D eigenvalue weighted by Gasteiger charge is 2.21. The average Bonchev–Trinajstić information content (AvgIpc) is 3.15. The number of nitrogens with one attached hydrogen (secondary N) is 1. The van der Waals surface area contributed by atoms with E-state index in [1.807, 2.05) is 43.3 Å². The van der Waals surface area contributed by atoms with Crippen molar-refractivity contribution < 1.29 is 10.2 Å². The normalized spacial score (nSPS) is 11.1. The van der Waals surface area contributed by atoms with Gasteiger partial charge in [0.05, 0.1) is 11.4 Å². The maximum Gasteiger partial charge on any atom is 0.278 e. The molecule has 0 fully saturated rings. The molecule has 5 rings (SSSR count). The minimum atomic E-state index is -0.191. The summed E-state index contributed by atoms with van der Waals surface area (Å²) in [7, 11) is 3.97. The standard InChI is InChI=1S/C27H24N4O3/c1-30(2)20-9-5-19(6-10-20)25-26-29-23(15-17-3-11-21(32)12-4-17)27(34)31(26)16-24(28-25)18-7-13-22(33)14-8-18/h3-14,16,28,32-33H,15H2,1-2H3. The fourth-order valence-corrected chi connectivity index (χ4v) is 3.95. The number of phenolic OH excluding ortho intramolecular Hbond substituents is 2. The Morgan fingerprint density at radius 2 is 1.44 bits per heavy atom. The highest BCUT2D eigenvalue weighted by Crippen LogP contribution is 2.30. The summed E-state index contributed by atoms with van der Waals surface area (Å²) in [5.74, 6) is 0.893. The van der Waals surface area contributed by atoms with Gasteiger partial charge in [-0.2, -0.15) is 0 Å². The van der Waals surface area contributed by atoms with Crippen LogP contribution in [0.2, 0.25) is 0 Å². The summed E-state index contributed by atoms with van der Waals surface area (Å²) in [5, 5.41) is 19.2. The van der Waals surface area contributed by atoms with Crippen LogP contribution < -0.4 is 10.5 Å². The Balaban J connectivity index is 1.68. The molecule has 0 bridgehead atoms. The quantitative estimate of drug-likeness (QED) is 0.367. The molecule has 0 spiro atoms. The molecule has 3 aromatic rings. The van der Waals surface area contributed by atoms with Crippen molar-refractivity contribution >= 4 is 5.69 Å². The van der Waals surface area contributed by atoms with Gasteiger partial charge in [0.1, 0.15) is 17.2 Å². The fraction of sp³-hybridized carbons (Fsp3) is 0.111. The number of H-pyrrole nitrogens is 1. The van der Waals surface area contributed by atoms with E-state index in [0.29, 0.717) is 17.9 Å². The highest BCUT2D eigenvalue weighted by atomic mass is 16.3. The van der Waals surface area contributed by atoms with E-state index < -0.39 is 0 Å². The first-order valence-corrected chi connectivity index (χ1v) is 10.9. The summed E-state index contributed by atoms with van der Waals surface area (Å²) in [6.07, 6.45) is 2.10. The summed E-state index contributed by atoms with van der Waals surface area (Å²) in [4.78, 5) is 23.5. The number of hydrogen-bond acceptors (Lipinski definition) is 5. The molecule has 2 aliphatic heterocycles. The van der Waals surface area contributed by atoms with Crippen molar-refractivity contribution in [2.75, 3.05) is 19.0 Å². The maximum absolute atomic E-state index is 13.4. The number of rotatable bonds is 5. The van der Waals surface area contributed by atoms with Gasteiger partial charge in [-0.25, -0.2) is 4.98 Å². The number of hydrogen-bond donors (Lipinski definition) is 3. The third kappa shape index (κ3) is 3.99. The van der Waals surface area contributed by atoms with Gasteiger partial charge in [0, 0.05) is 38.0 Å². The molecule has 7 nitrogen and oxygen atoms in total. The van der Waals surface area contributed by atoms with Gasteiger partial charge in [-0.05, 0) is 59.7 Å². The summed E-state index contributed by atoms with van der Waals surface area (Å²) >= 11 is 0. The number of benzene rings is 3. The maximum atomic E-state index is 13.4. The Hall–Kier alpha value is -4.52. The summed E-state index contributed by atoms with van der Waals surface area (Å²) < 4.78 is 1.57. The summed E-state index contributed by atoms with van der Waals surface area (Å²) in [5.41, 5.74) is 5.37. The van der Waals surface area contributed by atoms with E-state index in [1.54, 1.807) is 59.3 Å². The molecule has 0 atom stereocenters. The lowest BCUT2D eigenvalue weighted by molar-refractivity contribution is 0.474. The number of aromatic hydroxyl groups is 2. The first-order valence-electron chi connectivity index (χ1n) is 10.9. The smallest absolute Gasteiger partial charge is 0.278 e. The molecule has 2 heterocycles. The van der Waals surface area contributed by atoms with Crippen molar-refractivity contribution in [2.45, 2.75) is 6.42 Å². The molecule has 3 N–H and O–H groups in total. The number of phenols is 2. The van der Waals surface area contributed by atoms with Gasteiger partial charge in [0.25, 0.3) is 5.56 Å². The van der Waals surface area contributed by atoms with Crippen LogP contribution >= 0.6 is 0 Å². The van der Waals surface area contributed by atoms with Crippen LogP contribution in [-0.2, 0) is 6.42 Å². The molecule has 2 aliphatic rings. The highest BCUT2D eigenvalue weighted by molar-refractivity contribution is 5.73. The van der Waals surface area contributed by atoms with E-state index in [0.717, 1.165) is 33.8 Å². The van der Waals surface area contributed by atoms with E-state index in [9.17, 15) is 15.0 Å². The molecule has 0 saturated carbocycles. The fourth-order valence-electron chi connectivity index (χ4n) is 3.95. The molecule has 0 amide bonds. The number of aromatic amines is 1. The number of anilines is 1. The molecule has 0 unspecified atom stereocenters. The topological polar surface area (TPSA) is 94.4 Å². The monoisotopic (exact) mass is 452 g/mol. The van der Waals surface area contributed by atoms with E-state index in [-0.39, 0.29) is 17.1 Å². The third-order valence-corrected chi connectivity index (χ3v) is 5.83. The van der Waals surface area contributed by atoms with Crippen LogP contribution in [0.25, 0.3) is 28.3 Å². The average molecular weight is 453 g/mol. The third-order valence-electron chi connectivity index (χ3n) is 5.83. The van der Waals surface area contributed by atoms with Crippen molar-refractivity contribution in [3.8, 4) is 39.8 Å². The van der Waals surface area contributed by atoms with Crippen LogP contribution in [0, 0.1) is 0 Å². The number of imidazole rings is 1. The van der Waals surface area contributed by atoms with Gasteiger partial charge >= 0.3 is 0 Å². The van der Waals surface area contributed by atoms with Crippen LogP contribution in [0.4, 0.5) is 5.69 Å². The van der Waals surface area contributed by atoms with Gasteiger partial charge in [-0.15, -0.1) is 0 Å². The minimum absolute atomic E-state index is 0.174. The van der Waals surface area contributed by atoms with Crippen LogP contribution in [0.5, 0.6) is 11.5 Å². The second-order valence-electron chi connectivity index (χ2n) is 8.43. The van der Waals surface area contributed by atoms with Crippen LogP contribution in [0.15, 0.2) is 83.8 Å². The largest absolute Gasteiger partial charge is 0.508 e. The molecular formula is C27H24N4O3. The van der Waals surface area contributed by atoms with E-state index >= 15 is 0 Å². The molecule has 0 radical (unpaired) electrons. The van der Waals surface area contributed by atoms with Gasteiger partial charge in [0.15, 0.2) is 5.82 Å². The Labute approximate surface area is 196 Å². The van der Waals surface area contributed by atoms with E-state index in [2.05, 4.69) is 4.98 Å². The summed E-state index contributed by atoms with van der Waals surface area (Å²) in [6.45, 7) is 0. The van der Waals surface area contributed by atoms with Crippen LogP contribution in [0.3, 0.4) is 0 Å². The zero-order valence-electron chi connectivity index (χ0n) is 18.9. The molecule has 0 aliphatic carbocycles. The van der Waals surface area contributed by atoms with Gasteiger partial charge in [-0.3, -0.25) is 9.36 Å². The zero-order chi connectivity index (χ0) is 23.8. The van der Waals surface area contributed by atoms with Crippen molar-refractivity contribution in [3.63, 3.8) is 0 Å². The van der Waals surface area contributed by atoms with Crippen LogP contribution in [0.1, 0.15) is 11.3 Å². The van der Waals surface area contributed by atoms with Crippen molar-refractivity contribution in [1.29, 1.82) is 0 Å². The second kappa shape index (κ2) is 8.44. The number of aromatic nitrogens is 3. The predicted octanol–water partition coefficient (Wildman–Crippen LogP) is 4.40. The SMILES string of the molecule is CN(C)c1ccc(-c2[nH]c(-c3ccc(O)cc3)cn3c(=O)c(Cc4ccc(O)cc4)nc2-3)cc1. The molecule has 34 heavy (non-hydrogen) atoms. The lowest BCUT2D eigenvalue weighted by Crippen LogP contribution is -2.17. The molecule has 3 aromatic carbocycles. The van der Waals surface area contributed by atoms with Gasteiger partial charge in [-0.1, -0.05) is 24.3 Å². The van der Waals surface area contributed by atoms with Gasteiger partial charge < -0.3 is 20.1 Å². The predicted molar refractivity (Wildman–Crippen MR) is 133 cm³/mol. The molecule has 170 valence electrons. The molecule has 0 saturated heterocycles. The molecule has 7 heteroatoms. The molecular weight excluding hydrogens is 428 g/mol. The first-order chi connectivity index (χ1) is 16.4. The Kier molecular flexibility index (Phi) is 5.30. The Morgan fingerprint density at radius 3 is 2.06 bits per heavy atom. The minimum Gasteiger partial charge on any atom is -0.508 e.